The Morgan fingerprint density at radius 1 is 0.348 bits per heavy atom. The van der Waals surface area contributed by atoms with E-state index in [1.807, 2.05) is 0 Å². The maximum absolute atomic E-state index is 2.54. The van der Waals surface area contributed by atoms with E-state index in [-0.39, 0.29) is 16.2 Å². The summed E-state index contributed by atoms with van der Waals surface area (Å²) in [5.41, 5.74) is 20.0. The van der Waals surface area contributed by atoms with Crippen LogP contribution in [0.4, 0.5) is 17.1 Å². The van der Waals surface area contributed by atoms with Crippen LogP contribution in [0.25, 0.3) is 33.4 Å². The first-order chi connectivity index (χ1) is 22.1. The average molecular weight is 594 g/mol. The molecule has 1 heteroatoms. The molecule has 224 valence electrons. The Balaban J connectivity index is 1.29. The second-order valence-corrected chi connectivity index (χ2v) is 15.0. The third-order valence-corrected chi connectivity index (χ3v) is 11.5. The van der Waals surface area contributed by atoms with Gasteiger partial charge in [0.15, 0.2) is 0 Å². The topological polar surface area (TPSA) is 3.24 Å². The van der Waals surface area contributed by atoms with Crippen molar-refractivity contribution in [2.75, 3.05) is 4.90 Å². The summed E-state index contributed by atoms with van der Waals surface area (Å²) in [5, 5.41) is 0. The first-order valence-electron chi connectivity index (χ1n) is 16.6. The van der Waals surface area contributed by atoms with Gasteiger partial charge in [-0.05, 0) is 104 Å². The molecule has 0 saturated heterocycles. The minimum Gasteiger partial charge on any atom is -0.310 e. The molecule has 1 nitrogen and oxygen atoms in total. The smallest absolute Gasteiger partial charge is 0.0543 e. The molecule has 3 aliphatic carbocycles. The van der Waals surface area contributed by atoms with Gasteiger partial charge in [-0.15, -0.1) is 0 Å². The summed E-state index contributed by atoms with van der Waals surface area (Å²) in [5.74, 6) is 0. The Morgan fingerprint density at radius 3 is 1.54 bits per heavy atom. The molecule has 0 N–H and O–H groups in total. The van der Waals surface area contributed by atoms with Gasteiger partial charge in [-0.3, -0.25) is 0 Å². The summed E-state index contributed by atoms with van der Waals surface area (Å²) in [6.07, 6.45) is 0. The highest BCUT2D eigenvalue weighted by atomic mass is 15.1. The fraction of sp³-hybridized carbons (Fsp3) is 0.200. The van der Waals surface area contributed by atoms with Crippen molar-refractivity contribution in [3.8, 4) is 33.4 Å². The van der Waals surface area contributed by atoms with Crippen LogP contribution in [-0.4, -0.2) is 0 Å². The van der Waals surface area contributed by atoms with Gasteiger partial charge < -0.3 is 4.90 Å². The van der Waals surface area contributed by atoms with E-state index in [1.54, 1.807) is 0 Å². The molecular formula is C45H39N. The fourth-order valence-corrected chi connectivity index (χ4v) is 8.98. The number of hydrogen-bond donors (Lipinski definition) is 0. The molecule has 0 saturated carbocycles. The van der Waals surface area contributed by atoms with Crippen molar-refractivity contribution in [3.63, 3.8) is 0 Å². The van der Waals surface area contributed by atoms with Crippen molar-refractivity contribution in [1.29, 1.82) is 0 Å². The van der Waals surface area contributed by atoms with Gasteiger partial charge in [0.25, 0.3) is 0 Å². The molecule has 0 unspecified atom stereocenters. The molecule has 6 aromatic carbocycles. The lowest BCUT2D eigenvalue weighted by Gasteiger charge is -2.30. The largest absolute Gasteiger partial charge is 0.310 e. The van der Waals surface area contributed by atoms with Crippen LogP contribution in [0.1, 0.15) is 74.9 Å². The van der Waals surface area contributed by atoms with Crippen molar-refractivity contribution in [3.05, 3.63) is 161 Å². The van der Waals surface area contributed by atoms with Crippen LogP contribution in [0, 0.1) is 0 Å². The van der Waals surface area contributed by atoms with Crippen molar-refractivity contribution in [2.45, 2.75) is 57.8 Å². The van der Waals surface area contributed by atoms with E-state index in [9.17, 15) is 0 Å². The number of benzene rings is 6. The van der Waals surface area contributed by atoms with Gasteiger partial charge in [0.05, 0.1) is 5.69 Å². The van der Waals surface area contributed by atoms with Gasteiger partial charge in [-0.25, -0.2) is 0 Å². The lowest BCUT2D eigenvalue weighted by atomic mass is 9.79. The van der Waals surface area contributed by atoms with Gasteiger partial charge in [-0.2, -0.15) is 0 Å². The standard InChI is InChI=1S/C45H39N/c1-43(2)35-19-12-10-17-30(35)32-24-23-29(25-38(32)43)46(28-15-8-7-9-16-28)41-22-14-21-37-42(41)34-27-39-33(26-40(34)45(37,5)6)31-18-11-13-20-36(31)44(39,3)4/h7-27H,1-6H3. The Kier molecular flexibility index (Phi) is 5.43. The van der Waals surface area contributed by atoms with E-state index in [4.69, 9.17) is 0 Å². The number of fused-ring (bicyclic) bond motifs is 9. The van der Waals surface area contributed by atoms with Crippen molar-refractivity contribution < 1.29 is 0 Å². The molecule has 46 heavy (non-hydrogen) atoms. The zero-order chi connectivity index (χ0) is 31.6. The number of nitrogens with zero attached hydrogens (tertiary/aromatic N) is 1. The number of rotatable bonds is 3. The van der Waals surface area contributed by atoms with Gasteiger partial charge in [0.2, 0.25) is 0 Å². The maximum Gasteiger partial charge on any atom is 0.0543 e. The molecule has 0 bridgehead atoms. The third-order valence-electron chi connectivity index (χ3n) is 11.5. The molecule has 0 spiro atoms. The van der Waals surface area contributed by atoms with Crippen LogP contribution in [-0.2, 0) is 16.2 Å². The molecule has 0 fully saturated rings. The molecule has 0 atom stereocenters. The summed E-state index contributed by atoms with van der Waals surface area (Å²) in [6.45, 7) is 14.3. The monoisotopic (exact) mass is 593 g/mol. The fourth-order valence-electron chi connectivity index (χ4n) is 8.98. The first-order valence-corrected chi connectivity index (χ1v) is 16.6. The second-order valence-electron chi connectivity index (χ2n) is 15.0. The molecule has 0 heterocycles. The second kappa shape index (κ2) is 9.10. The van der Waals surface area contributed by atoms with Crippen molar-refractivity contribution >= 4 is 17.1 Å². The normalized spacial score (nSPS) is 16.6. The molecular weight excluding hydrogens is 555 g/mol. The lowest BCUT2D eigenvalue weighted by Crippen LogP contribution is -2.17. The number of hydrogen-bond acceptors (Lipinski definition) is 1. The predicted octanol–water partition coefficient (Wildman–Crippen LogP) is 12.1. The quantitative estimate of drug-likeness (QED) is 0.197. The zero-order valence-corrected chi connectivity index (χ0v) is 27.6. The maximum atomic E-state index is 2.54. The molecule has 0 amide bonds. The molecule has 3 aliphatic rings. The van der Waals surface area contributed by atoms with Crippen LogP contribution in [0.5, 0.6) is 0 Å². The minimum absolute atomic E-state index is 0.0531. The van der Waals surface area contributed by atoms with Gasteiger partial charge >= 0.3 is 0 Å². The van der Waals surface area contributed by atoms with E-state index in [1.165, 1.54) is 83.8 Å². The van der Waals surface area contributed by atoms with Gasteiger partial charge in [0, 0.05) is 33.2 Å². The summed E-state index contributed by atoms with van der Waals surface area (Å²) in [7, 11) is 0. The highest BCUT2D eigenvalue weighted by Gasteiger charge is 2.43. The van der Waals surface area contributed by atoms with Crippen LogP contribution < -0.4 is 4.90 Å². The van der Waals surface area contributed by atoms with E-state index < -0.39 is 0 Å². The molecule has 0 radical (unpaired) electrons. The number of anilines is 3. The zero-order valence-electron chi connectivity index (χ0n) is 27.6. The Hall–Kier alpha value is -4.88. The first kappa shape index (κ1) is 27.4. The molecule has 6 aromatic rings. The van der Waals surface area contributed by atoms with Gasteiger partial charge in [-0.1, -0.05) is 126 Å². The van der Waals surface area contributed by atoms with E-state index in [2.05, 4.69) is 174 Å². The number of para-hydroxylation sites is 1. The van der Waals surface area contributed by atoms with Crippen LogP contribution >= 0.6 is 0 Å². The summed E-state index contributed by atoms with van der Waals surface area (Å²) in [6, 6.07) is 47.9. The highest BCUT2D eigenvalue weighted by Crippen LogP contribution is 2.59. The lowest BCUT2D eigenvalue weighted by molar-refractivity contribution is 0.652. The predicted molar refractivity (Wildman–Crippen MR) is 194 cm³/mol. The SMILES string of the molecule is CC1(C)c2ccccc2-c2ccc(N(c3ccccc3)c3cccc4c3-c3cc5c(cc3C4(C)C)-c3ccccc3C5(C)C)cc21. The molecule has 9 rings (SSSR count). The van der Waals surface area contributed by atoms with Crippen molar-refractivity contribution in [1.82, 2.24) is 0 Å². The Labute approximate surface area is 273 Å². The van der Waals surface area contributed by atoms with Crippen LogP contribution in [0.2, 0.25) is 0 Å². The van der Waals surface area contributed by atoms with Gasteiger partial charge in [0.1, 0.15) is 0 Å². The Bertz CT molecular complexity index is 2230. The summed E-state index contributed by atoms with van der Waals surface area (Å²) in [4.78, 5) is 2.50. The highest BCUT2D eigenvalue weighted by molar-refractivity contribution is 5.98. The molecule has 0 aliphatic heterocycles. The molecule has 0 aromatic heterocycles. The third kappa shape index (κ3) is 3.46. The van der Waals surface area contributed by atoms with E-state index in [0.717, 1.165) is 0 Å². The minimum atomic E-state index is -0.124. The van der Waals surface area contributed by atoms with E-state index >= 15 is 0 Å². The van der Waals surface area contributed by atoms with Crippen LogP contribution in [0.15, 0.2) is 127 Å². The summed E-state index contributed by atoms with van der Waals surface area (Å²) >= 11 is 0. The summed E-state index contributed by atoms with van der Waals surface area (Å²) < 4.78 is 0. The average Bonchev–Trinajstić information content (AvgIpc) is 3.54. The van der Waals surface area contributed by atoms with Crippen LogP contribution in [0.3, 0.4) is 0 Å². The Morgan fingerprint density at radius 2 is 0.848 bits per heavy atom. The van der Waals surface area contributed by atoms with Crippen molar-refractivity contribution in [2.24, 2.45) is 0 Å². The van der Waals surface area contributed by atoms with E-state index in [0.29, 0.717) is 0 Å².